The Balaban J connectivity index is 1.35. The van der Waals surface area contributed by atoms with E-state index in [1.165, 1.54) is 12.1 Å². The quantitative estimate of drug-likeness (QED) is 0.689. The Bertz CT molecular complexity index is 1060. The summed E-state index contributed by atoms with van der Waals surface area (Å²) in [5.74, 6) is 0.753. The molecule has 28 heavy (non-hydrogen) atoms. The average molecular weight is 392 g/mol. The van der Waals surface area contributed by atoms with E-state index >= 15 is 0 Å². The molecule has 0 radical (unpaired) electrons. The van der Waals surface area contributed by atoms with Crippen molar-refractivity contribution >= 4 is 17.3 Å². The van der Waals surface area contributed by atoms with E-state index in [9.17, 15) is 18.0 Å². The van der Waals surface area contributed by atoms with Crippen molar-refractivity contribution in [3.05, 3.63) is 40.4 Å². The second-order valence-electron chi connectivity index (χ2n) is 7.09. The number of rotatable bonds is 2. The molecule has 146 valence electrons. The van der Waals surface area contributed by atoms with Crippen molar-refractivity contribution in [3.8, 4) is 0 Å². The number of aromatic amines is 1. The van der Waals surface area contributed by atoms with Gasteiger partial charge >= 0.3 is 6.18 Å². The summed E-state index contributed by atoms with van der Waals surface area (Å²) in [6.45, 7) is 2.91. The monoisotopic (exact) mass is 392 g/mol. The maximum Gasteiger partial charge on any atom is 0.453 e. The summed E-state index contributed by atoms with van der Waals surface area (Å²) in [6, 6.07) is 6.30. The lowest BCUT2D eigenvalue weighted by Gasteiger charge is -2.22. The van der Waals surface area contributed by atoms with Crippen molar-refractivity contribution in [2.45, 2.75) is 6.18 Å². The number of nitrogens with zero attached hydrogens (tertiary/aromatic N) is 7. The predicted molar refractivity (Wildman–Crippen MR) is 92.0 cm³/mol. The molecule has 1 N–H and O–H groups in total. The summed E-state index contributed by atoms with van der Waals surface area (Å²) >= 11 is 0. The highest BCUT2D eigenvalue weighted by Gasteiger charge is 2.42. The van der Waals surface area contributed by atoms with Gasteiger partial charge < -0.3 is 9.80 Å². The summed E-state index contributed by atoms with van der Waals surface area (Å²) in [5, 5.41) is 17.4. The third kappa shape index (κ3) is 2.75. The molecule has 2 aliphatic rings. The number of hydrogen-bond donors (Lipinski definition) is 1. The van der Waals surface area contributed by atoms with Gasteiger partial charge in [-0.25, -0.2) is 5.10 Å². The molecule has 0 aliphatic carbocycles. The van der Waals surface area contributed by atoms with Crippen LogP contribution in [0.25, 0.3) is 5.65 Å². The van der Waals surface area contributed by atoms with Crippen molar-refractivity contribution in [2.75, 3.05) is 36.0 Å². The van der Waals surface area contributed by atoms with Crippen molar-refractivity contribution in [3.63, 3.8) is 0 Å². The van der Waals surface area contributed by atoms with Crippen molar-refractivity contribution in [1.29, 1.82) is 0 Å². The number of anilines is 2. The zero-order chi connectivity index (χ0) is 19.5. The van der Waals surface area contributed by atoms with Gasteiger partial charge in [0.15, 0.2) is 5.65 Å². The topological polar surface area (TPSA) is 95.3 Å². The van der Waals surface area contributed by atoms with Crippen LogP contribution in [0, 0.1) is 11.8 Å². The van der Waals surface area contributed by atoms with Crippen LogP contribution in [0.2, 0.25) is 0 Å². The van der Waals surface area contributed by atoms with Gasteiger partial charge in [0.05, 0.1) is 0 Å². The number of nitrogens with one attached hydrogen (secondary N) is 1. The summed E-state index contributed by atoms with van der Waals surface area (Å²) in [5.41, 5.74) is -0.186. The van der Waals surface area contributed by atoms with E-state index in [-0.39, 0.29) is 11.2 Å². The van der Waals surface area contributed by atoms with E-state index in [1.807, 2.05) is 4.90 Å². The van der Waals surface area contributed by atoms with E-state index in [4.69, 9.17) is 0 Å². The zero-order valence-corrected chi connectivity index (χ0v) is 14.5. The normalized spacial score (nSPS) is 22.2. The summed E-state index contributed by atoms with van der Waals surface area (Å²) in [7, 11) is 0. The molecule has 0 spiro atoms. The summed E-state index contributed by atoms with van der Waals surface area (Å²) in [4.78, 5) is 15.3. The maximum atomic E-state index is 13.1. The Morgan fingerprint density at radius 3 is 2.18 bits per heavy atom. The highest BCUT2D eigenvalue weighted by Crippen LogP contribution is 2.35. The smallest absolute Gasteiger partial charge is 0.354 e. The third-order valence-electron chi connectivity index (χ3n) is 5.30. The molecule has 0 saturated carbocycles. The molecule has 0 bridgehead atoms. The van der Waals surface area contributed by atoms with E-state index < -0.39 is 12.0 Å². The van der Waals surface area contributed by atoms with Gasteiger partial charge in [-0.3, -0.25) is 4.79 Å². The molecule has 2 fully saturated rings. The van der Waals surface area contributed by atoms with Gasteiger partial charge in [0, 0.05) is 44.1 Å². The molecule has 3 aromatic rings. The number of alkyl halides is 3. The SMILES string of the molecule is O=c1ccc(N2CC3CN(c4ccc5nnc(C(F)(F)F)n5n4)CC3C2)n[nH]1. The van der Waals surface area contributed by atoms with Gasteiger partial charge in [-0.2, -0.15) is 22.8 Å². The van der Waals surface area contributed by atoms with Gasteiger partial charge in [-0.15, -0.1) is 15.3 Å². The first kappa shape index (κ1) is 17.0. The molecule has 2 saturated heterocycles. The molecular weight excluding hydrogens is 377 g/mol. The maximum absolute atomic E-state index is 13.1. The molecule has 2 unspecified atom stereocenters. The molecule has 5 heterocycles. The summed E-state index contributed by atoms with van der Waals surface area (Å²) < 4.78 is 39.9. The molecule has 5 rings (SSSR count). The fourth-order valence-electron chi connectivity index (χ4n) is 4.01. The lowest BCUT2D eigenvalue weighted by atomic mass is 10.0. The second kappa shape index (κ2) is 5.91. The van der Waals surface area contributed by atoms with Crippen LogP contribution in [0.15, 0.2) is 29.1 Å². The van der Waals surface area contributed by atoms with Crippen LogP contribution < -0.4 is 15.4 Å². The van der Waals surface area contributed by atoms with Gasteiger partial charge in [-0.1, -0.05) is 0 Å². The van der Waals surface area contributed by atoms with Gasteiger partial charge in [0.2, 0.25) is 0 Å². The van der Waals surface area contributed by atoms with Gasteiger partial charge in [0.1, 0.15) is 11.6 Å². The molecule has 12 heteroatoms. The molecule has 0 amide bonds. The highest BCUT2D eigenvalue weighted by molar-refractivity contribution is 5.48. The number of aromatic nitrogens is 6. The predicted octanol–water partition coefficient (Wildman–Crippen LogP) is 0.799. The largest absolute Gasteiger partial charge is 0.453 e. The van der Waals surface area contributed by atoms with Crippen molar-refractivity contribution < 1.29 is 13.2 Å². The molecule has 2 aliphatic heterocycles. The van der Waals surface area contributed by atoms with E-state index in [0.29, 0.717) is 30.7 Å². The van der Waals surface area contributed by atoms with E-state index in [1.54, 1.807) is 12.1 Å². The molecule has 3 aromatic heterocycles. The second-order valence-corrected chi connectivity index (χ2v) is 7.09. The van der Waals surface area contributed by atoms with Crippen molar-refractivity contribution in [2.24, 2.45) is 11.8 Å². The number of hydrogen-bond acceptors (Lipinski definition) is 7. The minimum Gasteiger partial charge on any atom is -0.354 e. The van der Waals surface area contributed by atoms with Crippen LogP contribution in [-0.2, 0) is 6.18 Å². The minimum absolute atomic E-state index is 0.0609. The fourth-order valence-corrected chi connectivity index (χ4v) is 4.01. The fraction of sp³-hybridized carbons (Fsp3) is 0.438. The van der Waals surface area contributed by atoms with Crippen molar-refractivity contribution in [1.82, 2.24) is 30.0 Å². The van der Waals surface area contributed by atoms with Crippen LogP contribution in [0.4, 0.5) is 24.8 Å². The first-order chi connectivity index (χ1) is 13.4. The van der Waals surface area contributed by atoms with Crippen LogP contribution in [-0.4, -0.2) is 56.2 Å². The first-order valence-corrected chi connectivity index (χ1v) is 8.74. The number of fused-ring (bicyclic) bond motifs is 2. The molecule has 9 nitrogen and oxygen atoms in total. The highest BCUT2D eigenvalue weighted by atomic mass is 19.4. The Hall–Kier alpha value is -3.18. The van der Waals surface area contributed by atoms with Gasteiger partial charge in [0.25, 0.3) is 11.4 Å². The number of H-pyrrole nitrogens is 1. The van der Waals surface area contributed by atoms with Gasteiger partial charge in [-0.05, 0) is 18.2 Å². The first-order valence-electron chi connectivity index (χ1n) is 8.74. The summed E-state index contributed by atoms with van der Waals surface area (Å²) in [6.07, 6.45) is -4.61. The van der Waals surface area contributed by atoms with E-state index in [2.05, 4.69) is 30.4 Å². The Morgan fingerprint density at radius 2 is 1.57 bits per heavy atom. The van der Waals surface area contributed by atoms with E-state index in [0.717, 1.165) is 23.4 Å². The standard InChI is InChI=1S/C16H15F3N8O/c17-16(18,19)15-23-21-12-1-2-13(24-27(12)15)26-7-9-5-25(6-10(9)8-26)11-3-4-14(28)22-20-11/h1-4,9-10H,5-8H2,(H,22,28). The van der Waals surface area contributed by atoms with Crippen LogP contribution >= 0.6 is 0 Å². The van der Waals surface area contributed by atoms with Crippen LogP contribution in [0.5, 0.6) is 0 Å². The third-order valence-corrected chi connectivity index (χ3v) is 5.30. The Kier molecular flexibility index (Phi) is 3.58. The lowest BCUT2D eigenvalue weighted by Crippen LogP contribution is -2.30. The number of halogens is 3. The van der Waals surface area contributed by atoms with Crippen LogP contribution in [0.3, 0.4) is 0 Å². The van der Waals surface area contributed by atoms with Crippen LogP contribution in [0.1, 0.15) is 5.82 Å². The average Bonchev–Trinajstić information content (AvgIpc) is 3.33. The Labute approximate surface area is 155 Å². The lowest BCUT2D eigenvalue weighted by molar-refractivity contribution is -0.146. The zero-order valence-electron chi connectivity index (χ0n) is 14.5. The molecule has 2 atom stereocenters. The molecule has 0 aromatic carbocycles. The molecular formula is C16H15F3N8O. The Morgan fingerprint density at radius 1 is 0.929 bits per heavy atom. The minimum atomic E-state index is -4.61.